The largest absolute Gasteiger partial charge is 0.478 e. The lowest BCUT2D eigenvalue weighted by Crippen LogP contribution is -2.29. The van der Waals surface area contributed by atoms with E-state index in [4.69, 9.17) is 16.7 Å². The van der Waals surface area contributed by atoms with E-state index in [1.165, 1.54) is 0 Å². The minimum absolute atomic E-state index is 0.346. The van der Waals surface area contributed by atoms with Crippen LogP contribution in [0.5, 0.6) is 0 Å². The highest BCUT2D eigenvalue weighted by atomic mass is 35.5. The quantitative estimate of drug-likeness (QED) is 0.844. The van der Waals surface area contributed by atoms with Gasteiger partial charge in [0.25, 0.3) is 0 Å². The Hall–Kier alpha value is -1.74. The Morgan fingerprint density at radius 2 is 2.05 bits per heavy atom. The van der Waals surface area contributed by atoms with E-state index in [2.05, 4.69) is 0 Å². The molecule has 0 spiro atoms. The van der Waals surface area contributed by atoms with E-state index < -0.39 is 51.7 Å². The Bertz CT molecular complexity index is 736. The van der Waals surface area contributed by atoms with Gasteiger partial charge < -0.3 is 10.0 Å². The third-order valence-corrected chi connectivity index (χ3v) is 4.42. The van der Waals surface area contributed by atoms with Gasteiger partial charge in [-0.15, -0.1) is 3.89 Å². The monoisotopic (exact) mass is 339 g/mol. The van der Waals surface area contributed by atoms with Crippen molar-refractivity contribution in [3.8, 4) is 0 Å². The third kappa shape index (κ3) is 2.98. The molecule has 1 fully saturated rings. The zero-order valence-electron chi connectivity index (χ0n) is 10.2. The normalized spacial score (nSPS) is 19.1. The molecule has 1 heterocycles. The Morgan fingerprint density at radius 1 is 1.43 bits per heavy atom. The van der Waals surface area contributed by atoms with Crippen molar-refractivity contribution in [3.63, 3.8) is 0 Å². The van der Waals surface area contributed by atoms with Crippen LogP contribution in [-0.2, 0) is 15.0 Å². The highest BCUT2D eigenvalue weighted by molar-refractivity contribution is 7.87. The van der Waals surface area contributed by atoms with Crippen LogP contribution < -0.4 is 4.90 Å². The van der Waals surface area contributed by atoms with Crippen LogP contribution in [0.25, 0.3) is 0 Å². The molecule has 0 bridgehead atoms. The fourth-order valence-corrected chi connectivity index (χ4v) is 3.06. The molecule has 6 nitrogen and oxygen atoms in total. The fourth-order valence-electron chi connectivity index (χ4n) is 2.08. The van der Waals surface area contributed by atoms with Crippen molar-refractivity contribution < 1.29 is 31.4 Å². The molecule has 0 radical (unpaired) electrons. The van der Waals surface area contributed by atoms with Gasteiger partial charge in [-0.2, -0.15) is 8.42 Å². The zero-order valence-corrected chi connectivity index (χ0v) is 11.8. The number of carbonyl (C=O) groups is 2. The number of aromatic carboxylic acids is 1. The lowest BCUT2D eigenvalue weighted by molar-refractivity contribution is -0.117. The van der Waals surface area contributed by atoms with Gasteiger partial charge >= 0.3 is 16.2 Å². The highest BCUT2D eigenvalue weighted by Gasteiger charge is 2.41. The van der Waals surface area contributed by atoms with Gasteiger partial charge in [-0.25, -0.2) is 9.18 Å². The maximum Gasteiger partial charge on any atom is 0.337 e. The van der Waals surface area contributed by atoms with Crippen molar-refractivity contribution in [1.82, 2.24) is 0 Å². The molecule has 1 aliphatic rings. The van der Waals surface area contributed by atoms with Gasteiger partial charge in [0.2, 0.25) is 5.91 Å². The number of hydrogen-bond acceptors (Lipinski definition) is 4. The molecule has 2 rings (SSSR count). The number of carboxylic acid groups (broad SMARTS) is 1. The van der Waals surface area contributed by atoms with Crippen molar-refractivity contribution in [2.45, 2.75) is 11.7 Å². The second kappa shape index (κ2) is 5.23. The van der Waals surface area contributed by atoms with Crippen molar-refractivity contribution in [3.05, 3.63) is 28.5 Å². The molecule has 1 N–H and O–H groups in total. The summed E-state index contributed by atoms with van der Waals surface area (Å²) in [5.41, 5.74) is -0.952. The van der Waals surface area contributed by atoms with Crippen LogP contribution >= 0.6 is 11.6 Å². The van der Waals surface area contributed by atoms with E-state index in [0.717, 1.165) is 11.0 Å². The predicted octanol–water partition coefficient (Wildman–Crippen LogP) is 1.58. The van der Waals surface area contributed by atoms with E-state index in [0.29, 0.717) is 6.07 Å². The van der Waals surface area contributed by atoms with Gasteiger partial charge in [0.15, 0.2) is 0 Å². The minimum Gasteiger partial charge on any atom is -0.478 e. The van der Waals surface area contributed by atoms with Crippen LogP contribution in [0, 0.1) is 5.82 Å². The van der Waals surface area contributed by atoms with Gasteiger partial charge in [0, 0.05) is 13.0 Å². The van der Waals surface area contributed by atoms with Crippen LogP contribution in [0.1, 0.15) is 16.8 Å². The molecule has 1 atom stereocenters. The average molecular weight is 340 g/mol. The molecule has 1 unspecified atom stereocenters. The number of rotatable bonds is 3. The Balaban J connectivity index is 2.53. The molecule has 114 valence electrons. The predicted molar refractivity (Wildman–Crippen MR) is 69.2 cm³/mol. The second-order valence-electron chi connectivity index (χ2n) is 4.39. The minimum atomic E-state index is -4.96. The summed E-state index contributed by atoms with van der Waals surface area (Å²) in [5.74, 6) is -3.29. The highest BCUT2D eigenvalue weighted by Crippen LogP contribution is 2.35. The van der Waals surface area contributed by atoms with E-state index in [1.54, 1.807) is 0 Å². The van der Waals surface area contributed by atoms with Gasteiger partial charge in [-0.1, -0.05) is 11.6 Å². The standard InChI is InChI=1S/C11H8ClF2NO5S/c12-8-2-5(13)1-7(11(17)18)10(8)15-4-6(3-9(15)16)21(14,19)20/h1-2,6H,3-4H2,(H,17,18). The maximum atomic E-state index is 13.2. The van der Waals surface area contributed by atoms with Crippen LogP contribution in [-0.4, -0.2) is 37.2 Å². The molecule has 21 heavy (non-hydrogen) atoms. The van der Waals surface area contributed by atoms with E-state index in [9.17, 15) is 26.3 Å². The summed E-state index contributed by atoms with van der Waals surface area (Å²) in [6.45, 7) is -0.580. The van der Waals surface area contributed by atoms with Crippen LogP contribution in [0.3, 0.4) is 0 Å². The molecule has 1 aliphatic heterocycles. The van der Waals surface area contributed by atoms with Gasteiger partial charge in [-0.3, -0.25) is 4.79 Å². The first-order chi connectivity index (χ1) is 9.61. The SMILES string of the molecule is O=C(O)c1cc(F)cc(Cl)c1N1CC(S(=O)(=O)F)CC1=O. The number of hydrogen-bond donors (Lipinski definition) is 1. The summed E-state index contributed by atoms with van der Waals surface area (Å²) in [4.78, 5) is 23.6. The lowest BCUT2D eigenvalue weighted by Gasteiger charge is -2.20. The first-order valence-electron chi connectivity index (χ1n) is 5.57. The van der Waals surface area contributed by atoms with Crippen molar-refractivity contribution in [2.24, 2.45) is 0 Å². The van der Waals surface area contributed by atoms with Gasteiger partial charge in [0.05, 0.1) is 16.3 Å². The Labute approximate surface area is 123 Å². The summed E-state index contributed by atoms with van der Waals surface area (Å²) in [6, 6.07) is 1.43. The fraction of sp³-hybridized carbons (Fsp3) is 0.273. The number of anilines is 1. The van der Waals surface area contributed by atoms with Crippen molar-refractivity contribution >= 4 is 39.4 Å². The number of halogens is 3. The molecular formula is C11H8ClF2NO5S. The first kappa shape index (κ1) is 15.6. The van der Waals surface area contributed by atoms with Crippen LogP contribution in [0.2, 0.25) is 5.02 Å². The Kier molecular flexibility index (Phi) is 3.89. The number of carboxylic acids is 1. The average Bonchev–Trinajstić information content (AvgIpc) is 2.70. The summed E-state index contributed by atoms with van der Waals surface area (Å²) in [6.07, 6.45) is -0.633. The third-order valence-electron chi connectivity index (χ3n) is 3.02. The lowest BCUT2D eigenvalue weighted by atomic mass is 10.1. The molecule has 1 aromatic rings. The summed E-state index contributed by atoms with van der Waals surface area (Å²) < 4.78 is 47.9. The molecule has 1 amide bonds. The molecule has 0 saturated carbocycles. The van der Waals surface area contributed by atoms with E-state index >= 15 is 0 Å². The van der Waals surface area contributed by atoms with Crippen LogP contribution in [0.4, 0.5) is 14.0 Å². The topological polar surface area (TPSA) is 91.8 Å². The molecular weight excluding hydrogens is 332 g/mol. The molecule has 0 aliphatic carbocycles. The van der Waals surface area contributed by atoms with Crippen molar-refractivity contribution in [1.29, 1.82) is 0 Å². The number of carbonyl (C=O) groups excluding carboxylic acids is 1. The first-order valence-corrected chi connectivity index (χ1v) is 7.40. The number of benzene rings is 1. The summed E-state index contributed by atoms with van der Waals surface area (Å²) in [5, 5.41) is 7.05. The molecule has 1 aromatic carbocycles. The molecule has 0 aromatic heterocycles. The zero-order chi connectivity index (χ0) is 15.9. The molecule has 10 heteroatoms. The molecule has 1 saturated heterocycles. The number of nitrogens with zero attached hydrogens (tertiary/aromatic N) is 1. The van der Waals surface area contributed by atoms with Gasteiger partial charge in [0.1, 0.15) is 11.1 Å². The maximum absolute atomic E-state index is 13.2. The van der Waals surface area contributed by atoms with Crippen molar-refractivity contribution in [2.75, 3.05) is 11.4 Å². The van der Waals surface area contributed by atoms with Crippen LogP contribution in [0.15, 0.2) is 12.1 Å². The Morgan fingerprint density at radius 3 is 2.52 bits per heavy atom. The summed E-state index contributed by atoms with van der Waals surface area (Å²) in [7, 11) is -4.96. The van der Waals surface area contributed by atoms with E-state index in [1.807, 2.05) is 0 Å². The number of amides is 1. The summed E-state index contributed by atoms with van der Waals surface area (Å²) >= 11 is 5.75. The smallest absolute Gasteiger partial charge is 0.337 e. The second-order valence-corrected chi connectivity index (χ2v) is 6.42. The van der Waals surface area contributed by atoms with Gasteiger partial charge in [-0.05, 0) is 12.1 Å². The van der Waals surface area contributed by atoms with E-state index in [-0.39, 0.29) is 10.7 Å².